The second-order valence-electron chi connectivity index (χ2n) is 15.1. The number of aromatic nitrogens is 1. The van der Waals surface area contributed by atoms with Gasteiger partial charge in [0, 0.05) is 51.8 Å². The summed E-state index contributed by atoms with van der Waals surface area (Å²) in [5.74, 6) is 0. The molecular formula is C54H43N3. The van der Waals surface area contributed by atoms with Gasteiger partial charge in [0.25, 0.3) is 0 Å². The third-order valence-corrected chi connectivity index (χ3v) is 11.0. The summed E-state index contributed by atoms with van der Waals surface area (Å²) in [5.41, 5.74) is 12.2. The van der Waals surface area contributed by atoms with E-state index in [0.717, 1.165) is 50.7 Å². The number of fused-ring (bicyclic) bond motifs is 2. The highest BCUT2D eigenvalue weighted by atomic mass is 15.1. The van der Waals surface area contributed by atoms with E-state index in [2.05, 4.69) is 229 Å². The molecule has 0 spiro atoms. The molecule has 0 saturated heterocycles. The van der Waals surface area contributed by atoms with E-state index in [0.29, 0.717) is 0 Å². The average molecular weight is 734 g/mol. The van der Waals surface area contributed by atoms with Crippen LogP contribution < -0.4 is 10.2 Å². The Balaban J connectivity index is 1.04. The van der Waals surface area contributed by atoms with Crippen LogP contribution in [0.25, 0.3) is 44.8 Å². The van der Waals surface area contributed by atoms with Gasteiger partial charge in [0.05, 0.1) is 0 Å². The van der Waals surface area contributed by atoms with Gasteiger partial charge >= 0.3 is 0 Å². The lowest BCUT2D eigenvalue weighted by Crippen LogP contribution is -2.20. The molecule has 57 heavy (non-hydrogen) atoms. The van der Waals surface area contributed by atoms with Gasteiger partial charge in [0.1, 0.15) is 0 Å². The van der Waals surface area contributed by atoms with Crippen LogP contribution in [0, 0.1) is 0 Å². The maximum Gasteiger partial charge on any atom is 0.0468 e. The molecular weight excluding hydrogens is 691 g/mol. The van der Waals surface area contributed by atoms with Crippen LogP contribution >= 0.6 is 0 Å². The zero-order valence-corrected chi connectivity index (χ0v) is 32.2. The van der Waals surface area contributed by atoms with E-state index in [-0.39, 0.29) is 5.41 Å². The fourth-order valence-corrected chi connectivity index (χ4v) is 7.77. The lowest BCUT2D eigenvalue weighted by molar-refractivity contribution is 0.643. The monoisotopic (exact) mass is 733 g/mol. The summed E-state index contributed by atoms with van der Waals surface area (Å²) < 4.78 is 0. The minimum absolute atomic E-state index is 0.259. The molecule has 9 rings (SSSR count). The summed E-state index contributed by atoms with van der Waals surface area (Å²) in [7, 11) is 0. The van der Waals surface area contributed by atoms with Crippen molar-refractivity contribution in [3.63, 3.8) is 0 Å². The van der Waals surface area contributed by atoms with Crippen LogP contribution in [0.3, 0.4) is 0 Å². The van der Waals surface area contributed by atoms with Crippen molar-refractivity contribution in [2.24, 2.45) is 0 Å². The van der Waals surface area contributed by atoms with Gasteiger partial charge in [-0.2, -0.15) is 0 Å². The zero-order chi connectivity index (χ0) is 38.6. The second-order valence-corrected chi connectivity index (χ2v) is 15.1. The molecule has 0 aliphatic rings. The van der Waals surface area contributed by atoms with Crippen LogP contribution in [-0.4, -0.2) is 4.98 Å². The predicted octanol–water partition coefficient (Wildman–Crippen LogP) is 14.8. The molecule has 0 radical (unpaired) electrons. The highest BCUT2D eigenvalue weighted by Crippen LogP contribution is 2.40. The normalized spacial score (nSPS) is 11.6. The number of hydrogen-bond donors (Lipinski definition) is 1. The number of nitrogens with zero attached hydrogens (tertiary/aromatic N) is 2. The molecule has 0 unspecified atom stereocenters. The molecule has 1 heterocycles. The fourth-order valence-electron chi connectivity index (χ4n) is 7.77. The van der Waals surface area contributed by atoms with Crippen LogP contribution in [-0.2, 0) is 5.41 Å². The molecule has 1 N–H and O–H groups in total. The molecule has 0 bridgehead atoms. The Morgan fingerprint density at radius 3 is 1.74 bits per heavy atom. The van der Waals surface area contributed by atoms with Gasteiger partial charge in [-0.25, -0.2) is 0 Å². The largest absolute Gasteiger partial charge is 0.355 e. The van der Waals surface area contributed by atoms with Crippen molar-refractivity contribution in [3.05, 3.63) is 229 Å². The summed E-state index contributed by atoms with van der Waals surface area (Å²) in [6.07, 6.45) is 8.14. The van der Waals surface area contributed by atoms with Gasteiger partial charge in [-0.1, -0.05) is 153 Å². The first-order valence-electron chi connectivity index (χ1n) is 19.5. The Kier molecular flexibility index (Phi) is 9.64. The zero-order valence-electron chi connectivity index (χ0n) is 32.2. The number of hydrogen-bond acceptors (Lipinski definition) is 3. The predicted molar refractivity (Wildman–Crippen MR) is 243 cm³/mol. The van der Waals surface area contributed by atoms with E-state index in [9.17, 15) is 0 Å². The van der Waals surface area contributed by atoms with Crippen LogP contribution in [0.5, 0.6) is 0 Å². The van der Waals surface area contributed by atoms with E-state index >= 15 is 0 Å². The quantitative estimate of drug-likeness (QED) is 0.142. The molecule has 274 valence electrons. The maximum absolute atomic E-state index is 4.33. The summed E-state index contributed by atoms with van der Waals surface area (Å²) in [6.45, 7) is 4.61. The summed E-state index contributed by atoms with van der Waals surface area (Å²) in [4.78, 5) is 6.68. The van der Waals surface area contributed by atoms with Crippen LogP contribution in [0.1, 0.15) is 36.1 Å². The molecule has 0 aliphatic heterocycles. The first-order chi connectivity index (χ1) is 28.0. The Morgan fingerprint density at radius 1 is 0.474 bits per heavy atom. The van der Waals surface area contributed by atoms with E-state index in [4.69, 9.17) is 0 Å². The van der Waals surface area contributed by atoms with Crippen molar-refractivity contribution in [1.82, 2.24) is 4.98 Å². The van der Waals surface area contributed by atoms with Crippen molar-refractivity contribution in [3.8, 4) is 11.1 Å². The summed E-state index contributed by atoms with van der Waals surface area (Å²) >= 11 is 0. The molecule has 0 fully saturated rings. The summed E-state index contributed by atoms with van der Waals surface area (Å²) in [6, 6.07) is 69.5. The standard InChI is InChI=1S/C54H43N3/c1-54(2,47-18-4-3-5-19-47)52-34-40(25-32-53(52)56-48-20-10-16-43(35-48)46-17-11-33-55-38-46)22-21-39-23-28-49(29-24-39)57(50-30-26-41-12-6-8-14-44(41)36-50)51-31-27-42-13-7-9-15-45(42)37-51/h3-38,56H,1-2H3/b22-21+. The first kappa shape index (κ1) is 35.5. The topological polar surface area (TPSA) is 28.2 Å². The smallest absolute Gasteiger partial charge is 0.0468 e. The molecule has 8 aromatic carbocycles. The van der Waals surface area contributed by atoms with E-state index in [1.807, 2.05) is 18.5 Å². The Labute approximate surface area is 335 Å². The SMILES string of the molecule is CC(C)(c1ccccc1)c1cc(/C=C/c2ccc(N(c3ccc4ccccc4c3)c3ccc4ccccc4c3)cc2)ccc1Nc1cccc(-c2cccnc2)c1. The van der Waals surface area contributed by atoms with Crippen LogP contribution in [0.15, 0.2) is 207 Å². The van der Waals surface area contributed by atoms with Crippen LogP contribution in [0.4, 0.5) is 28.4 Å². The Hall–Kier alpha value is -7.23. The van der Waals surface area contributed by atoms with Crippen molar-refractivity contribution in [2.45, 2.75) is 19.3 Å². The van der Waals surface area contributed by atoms with Crippen molar-refractivity contribution in [1.29, 1.82) is 0 Å². The second kappa shape index (κ2) is 15.5. The third kappa shape index (κ3) is 7.56. The lowest BCUT2D eigenvalue weighted by Gasteiger charge is -2.29. The number of rotatable bonds is 10. The fraction of sp³-hybridized carbons (Fsp3) is 0.0556. The van der Waals surface area contributed by atoms with Gasteiger partial charge in [0.15, 0.2) is 0 Å². The Bertz CT molecular complexity index is 2760. The number of pyridine rings is 1. The van der Waals surface area contributed by atoms with Gasteiger partial charge in [-0.3, -0.25) is 4.98 Å². The van der Waals surface area contributed by atoms with Crippen molar-refractivity contribution in [2.75, 3.05) is 10.2 Å². The highest BCUT2D eigenvalue weighted by molar-refractivity contribution is 5.92. The third-order valence-electron chi connectivity index (χ3n) is 11.0. The minimum Gasteiger partial charge on any atom is -0.355 e. The number of benzene rings is 8. The highest BCUT2D eigenvalue weighted by Gasteiger charge is 2.26. The van der Waals surface area contributed by atoms with E-state index in [1.165, 1.54) is 32.7 Å². The maximum atomic E-state index is 4.33. The van der Waals surface area contributed by atoms with E-state index in [1.54, 1.807) is 0 Å². The Morgan fingerprint density at radius 2 is 1.07 bits per heavy atom. The van der Waals surface area contributed by atoms with Crippen molar-refractivity contribution >= 4 is 62.1 Å². The lowest BCUT2D eigenvalue weighted by atomic mass is 9.76. The molecule has 3 nitrogen and oxygen atoms in total. The molecule has 1 aromatic heterocycles. The number of nitrogens with one attached hydrogen (secondary N) is 1. The molecule has 9 aromatic rings. The molecule has 0 saturated carbocycles. The van der Waals surface area contributed by atoms with Crippen molar-refractivity contribution < 1.29 is 0 Å². The van der Waals surface area contributed by atoms with E-state index < -0.39 is 0 Å². The van der Waals surface area contributed by atoms with Gasteiger partial charge < -0.3 is 10.2 Å². The molecule has 0 aliphatic carbocycles. The van der Waals surface area contributed by atoms with Gasteiger partial charge in [-0.15, -0.1) is 0 Å². The summed E-state index contributed by atoms with van der Waals surface area (Å²) in [5, 5.41) is 8.67. The number of anilines is 5. The molecule has 3 heteroatoms. The minimum atomic E-state index is -0.259. The molecule has 0 atom stereocenters. The van der Waals surface area contributed by atoms with Crippen LogP contribution in [0.2, 0.25) is 0 Å². The van der Waals surface area contributed by atoms with Gasteiger partial charge in [0.2, 0.25) is 0 Å². The first-order valence-corrected chi connectivity index (χ1v) is 19.5. The average Bonchev–Trinajstić information content (AvgIpc) is 3.27. The molecule has 0 amide bonds. The van der Waals surface area contributed by atoms with Gasteiger partial charge in [-0.05, 0) is 116 Å².